The summed E-state index contributed by atoms with van der Waals surface area (Å²) in [4.78, 5) is 4.62. The molecule has 1 aromatic heterocycles. The molecule has 1 fully saturated rings. The van der Waals surface area contributed by atoms with Crippen LogP contribution < -0.4 is 5.32 Å². The van der Waals surface area contributed by atoms with Crippen molar-refractivity contribution in [3.8, 4) is 0 Å². The predicted octanol–water partition coefficient (Wildman–Crippen LogP) is 3.55. The number of hydrogen-bond donors (Lipinski definition) is 1. The molecule has 1 N–H and O–H groups in total. The summed E-state index contributed by atoms with van der Waals surface area (Å²) in [6.45, 7) is 3.10. The predicted molar refractivity (Wildman–Crippen MR) is 74.1 cm³/mol. The molecule has 4 heteroatoms. The van der Waals surface area contributed by atoms with Crippen molar-refractivity contribution in [2.45, 2.75) is 32.2 Å². The van der Waals surface area contributed by atoms with Crippen LogP contribution in [-0.4, -0.2) is 17.6 Å². The van der Waals surface area contributed by atoms with Gasteiger partial charge < -0.3 is 5.32 Å². The third-order valence-electron chi connectivity index (χ3n) is 2.99. The van der Waals surface area contributed by atoms with Gasteiger partial charge in [0.2, 0.25) is 0 Å². The Balaban J connectivity index is 1.77. The van der Waals surface area contributed by atoms with Crippen molar-refractivity contribution in [2.24, 2.45) is 0 Å². The summed E-state index contributed by atoms with van der Waals surface area (Å²) in [6.07, 6.45) is 3.68. The van der Waals surface area contributed by atoms with Gasteiger partial charge in [-0.05, 0) is 37.5 Å². The van der Waals surface area contributed by atoms with E-state index in [0.29, 0.717) is 0 Å². The van der Waals surface area contributed by atoms with Crippen LogP contribution in [0.25, 0.3) is 10.2 Å². The van der Waals surface area contributed by atoms with Crippen LogP contribution in [0.3, 0.4) is 0 Å². The lowest BCUT2D eigenvalue weighted by molar-refractivity contribution is 0.681. The van der Waals surface area contributed by atoms with Crippen molar-refractivity contribution in [3.05, 3.63) is 27.7 Å². The average molecular weight is 267 g/mol. The molecule has 1 aliphatic rings. The maximum atomic E-state index is 6.20. The third-order valence-corrected chi connectivity index (χ3v) is 4.34. The number of nitrogens with one attached hydrogen (secondary N) is 1. The van der Waals surface area contributed by atoms with Gasteiger partial charge in [0.05, 0.1) is 14.7 Å². The molecule has 2 aromatic rings. The van der Waals surface area contributed by atoms with E-state index < -0.39 is 0 Å². The van der Waals surface area contributed by atoms with E-state index >= 15 is 0 Å². The average Bonchev–Trinajstić information content (AvgIpc) is 2.98. The van der Waals surface area contributed by atoms with Crippen molar-refractivity contribution in [1.82, 2.24) is 10.3 Å². The molecule has 0 spiro atoms. The molecule has 1 aliphatic carbocycles. The third kappa shape index (κ3) is 2.62. The zero-order chi connectivity index (χ0) is 11.8. The maximum Gasteiger partial charge on any atom is 0.100 e. The van der Waals surface area contributed by atoms with E-state index in [0.717, 1.165) is 29.5 Å². The van der Waals surface area contributed by atoms with Gasteiger partial charge in [0.1, 0.15) is 5.52 Å². The molecule has 2 nitrogen and oxygen atoms in total. The first-order chi connectivity index (χ1) is 8.22. The molecular weight excluding hydrogens is 252 g/mol. The first-order valence-electron chi connectivity index (χ1n) is 6.01. The molecule has 1 heterocycles. The number of aromatic nitrogens is 1. The highest BCUT2D eigenvalue weighted by molar-refractivity contribution is 7.18. The summed E-state index contributed by atoms with van der Waals surface area (Å²) in [6, 6.07) is 4.92. The van der Waals surface area contributed by atoms with Gasteiger partial charge in [0.25, 0.3) is 0 Å². The smallest absolute Gasteiger partial charge is 0.100 e. The Hall–Kier alpha value is -0.640. The lowest BCUT2D eigenvalue weighted by Crippen LogP contribution is -2.19. The zero-order valence-electron chi connectivity index (χ0n) is 9.79. The van der Waals surface area contributed by atoms with Gasteiger partial charge in [0, 0.05) is 19.0 Å². The Kier molecular flexibility index (Phi) is 3.07. The molecule has 0 aliphatic heterocycles. The maximum absolute atomic E-state index is 6.20. The van der Waals surface area contributed by atoms with Gasteiger partial charge in [-0.15, -0.1) is 11.3 Å². The van der Waals surface area contributed by atoms with Crippen LogP contribution in [0.15, 0.2) is 12.1 Å². The van der Waals surface area contributed by atoms with Crippen molar-refractivity contribution in [2.75, 3.05) is 6.54 Å². The van der Waals surface area contributed by atoms with E-state index in [2.05, 4.69) is 23.3 Å². The molecule has 0 atom stereocenters. The first kappa shape index (κ1) is 11.5. The summed E-state index contributed by atoms with van der Waals surface area (Å²) in [7, 11) is 0. The van der Waals surface area contributed by atoms with E-state index in [1.807, 2.05) is 6.07 Å². The van der Waals surface area contributed by atoms with Crippen molar-refractivity contribution >= 4 is 33.2 Å². The highest BCUT2D eigenvalue weighted by Crippen LogP contribution is 2.29. The van der Waals surface area contributed by atoms with E-state index in [-0.39, 0.29) is 0 Å². The summed E-state index contributed by atoms with van der Waals surface area (Å²) in [5.41, 5.74) is 2.16. The Morgan fingerprint density at radius 3 is 3.06 bits per heavy atom. The Labute approximate surface area is 110 Å². The van der Waals surface area contributed by atoms with Crippen molar-refractivity contribution in [1.29, 1.82) is 0 Å². The summed E-state index contributed by atoms with van der Waals surface area (Å²) in [5.74, 6) is 0. The van der Waals surface area contributed by atoms with E-state index in [1.165, 1.54) is 28.1 Å². The minimum Gasteiger partial charge on any atom is -0.314 e. The number of fused-ring (bicyclic) bond motifs is 1. The van der Waals surface area contributed by atoms with Crippen LogP contribution >= 0.6 is 22.9 Å². The SMILES string of the molecule is Cc1cc(Cl)c2nc(CCNC3CC3)sc2c1. The molecule has 0 amide bonds. The molecule has 17 heavy (non-hydrogen) atoms. The highest BCUT2D eigenvalue weighted by atomic mass is 35.5. The summed E-state index contributed by atoms with van der Waals surface area (Å²) >= 11 is 7.96. The standard InChI is InChI=1S/C13H15ClN2S/c1-8-6-10(14)13-11(7-8)17-12(16-13)4-5-15-9-2-3-9/h6-7,9,15H,2-5H2,1H3. The largest absolute Gasteiger partial charge is 0.314 e. The van der Waals surface area contributed by atoms with Crippen LogP contribution in [0.4, 0.5) is 0 Å². The first-order valence-corrected chi connectivity index (χ1v) is 7.21. The lowest BCUT2D eigenvalue weighted by atomic mass is 10.2. The Morgan fingerprint density at radius 2 is 2.29 bits per heavy atom. The minimum atomic E-state index is 0.773. The molecule has 90 valence electrons. The fraction of sp³-hybridized carbons (Fsp3) is 0.462. The van der Waals surface area contributed by atoms with Gasteiger partial charge in [-0.3, -0.25) is 0 Å². The molecule has 0 bridgehead atoms. The number of halogens is 1. The normalized spacial score (nSPS) is 15.6. The molecular formula is C13H15ClN2S. The topological polar surface area (TPSA) is 24.9 Å². The number of nitrogens with zero attached hydrogens (tertiary/aromatic N) is 1. The molecule has 3 rings (SSSR count). The van der Waals surface area contributed by atoms with Gasteiger partial charge in [-0.1, -0.05) is 11.6 Å². The highest BCUT2D eigenvalue weighted by Gasteiger charge is 2.19. The number of hydrogen-bond acceptors (Lipinski definition) is 3. The second-order valence-electron chi connectivity index (χ2n) is 4.68. The molecule has 1 aromatic carbocycles. The quantitative estimate of drug-likeness (QED) is 0.915. The molecule has 0 saturated heterocycles. The molecule has 0 radical (unpaired) electrons. The van der Waals surface area contributed by atoms with Crippen LogP contribution in [0, 0.1) is 6.92 Å². The van der Waals surface area contributed by atoms with Gasteiger partial charge in [0.15, 0.2) is 0 Å². The summed E-state index contributed by atoms with van der Waals surface area (Å²) < 4.78 is 1.21. The van der Waals surface area contributed by atoms with Gasteiger partial charge in [-0.2, -0.15) is 0 Å². The van der Waals surface area contributed by atoms with Crippen LogP contribution in [-0.2, 0) is 6.42 Å². The second-order valence-corrected chi connectivity index (χ2v) is 6.20. The second kappa shape index (κ2) is 4.56. The Bertz CT molecular complexity index is 546. The van der Waals surface area contributed by atoms with Crippen LogP contribution in [0.1, 0.15) is 23.4 Å². The van der Waals surface area contributed by atoms with E-state index in [4.69, 9.17) is 11.6 Å². The molecule has 0 unspecified atom stereocenters. The van der Waals surface area contributed by atoms with E-state index in [9.17, 15) is 0 Å². The number of rotatable bonds is 4. The van der Waals surface area contributed by atoms with Crippen LogP contribution in [0.5, 0.6) is 0 Å². The number of benzene rings is 1. The fourth-order valence-electron chi connectivity index (χ4n) is 1.94. The lowest BCUT2D eigenvalue weighted by Gasteiger charge is -1.98. The number of thiazole rings is 1. The van der Waals surface area contributed by atoms with Crippen molar-refractivity contribution in [3.63, 3.8) is 0 Å². The van der Waals surface area contributed by atoms with Crippen LogP contribution in [0.2, 0.25) is 5.02 Å². The number of aryl methyl sites for hydroxylation is 1. The zero-order valence-corrected chi connectivity index (χ0v) is 11.4. The van der Waals surface area contributed by atoms with E-state index in [1.54, 1.807) is 11.3 Å². The summed E-state index contributed by atoms with van der Waals surface area (Å²) in [5, 5.41) is 5.47. The Morgan fingerprint density at radius 1 is 1.47 bits per heavy atom. The fourth-order valence-corrected chi connectivity index (χ4v) is 3.41. The van der Waals surface area contributed by atoms with Crippen molar-refractivity contribution < 1.29 is 0 Å². The monoisotopic (exact) mass is 266 g/mol. The van der Waals surface area contributed by atoms with Gasteiger partial charge >= 0.3 is 0 Å². The minimum absolute atomic E-state index is 0.773. The van der Waals surface area contributed by atoms with Gasteiger partial charge in [-0.25, -0.2) is 4.98 Å². The molecule has 1 saturated carbocycles.